The fourth-order valence-corrected chi connectivity index (χ4v) is 3.71. The molecule has 7 heteroatoms. The van der Waals surface area contributed by atoms with E-state index in [1.165, 1.54) is 32.2 Å². The minimum absolute atomic E-state index is 0.0537. The third-order valence-corrected chi connectivity index (χ3v) is 5.08. The highest BCUT2D eigenvalue weighted by Gasteiger charge is 2.31. The van der Waals surface area contributed by atoms with Crippen molar-refractivity contribution in [2.45, 2.75) is 39.3 Å². The van der Waals surface area contributed by atoms with E-state index >= 15 is 0 Å². The van der Waals surface area contributed by atoms with Crippen LogP contribution in [0.25, 0.3) is 5.52 Å². The van der Waals surface area contributed by atoms with E-state index in [0.717, 1.165) is 12.8 Å². The molecule has 7 nitrogen and oxygen atoms in total. The Morgan fingerprint density at radius 2 is 2.08 bits per heavy atom. The Morgan fingerprint density at radius 3 is 2.92 bits per heavy atom. The molecular weight excluding hydrogens is 330 g/mol. The Labute approximate surface area is 150 Å². The molecule has 1 aliphatic heterocycles. The zero-order valence-electron chi connectivity index (χ0n) is 14.9. The van der Waals surface area contributed by atoms with Gasteiger partial charge in [-0.05, 0) is 43.9 Å². The maximum Gasteiger partial charge on any atom is 0.293 e. The maximum absolute atomic E-state index is 12.9. The molecule has 0 aliphatic carbocycles. The number of rotatable bonds is 3. The second-order valence-corrected chi connectivity index (χ2v) is 6.86. The first-order valence-electron chi connectivity index (χ1n) is 8.80. The lowest BCUT2D eigenvalue weighted by Crippen LogP contribution is -2.37. The topological polar surface area (TPSA) is 72.5 Å². The van der Waals surface area contributed by atoms with Crippen LogP contribution in [0.1, 0.15) is 35.6 Å². The first-order chi connectivity index (χ1) is 12.5. The molecule has 3 heterocycles. The number of fused-ring (bicyclic) bond motifs is 1. The van der Waals surface area contributed by atoms with Crippen LogP contribution in [-0.4, -0.2) is 36.7 Å². The smallest absolute Gasteiger partial charge is 0.293 e. The second-order valence-electron chi connectivity index (χ2n) is 6.86. The van der Waals surface area contributed by atoms with Gasteiger partial charge in [0.25, 0.3) is 5.56 Å². The van der Waals surface area contributed by atoms with Gasteiger partial charge in [0.1, 0.15) is 18.4 Å². The third-order valence-electron chi connectivity index (χ3n) is 5.08. The minimum Gasteiger partial charge on any atom is -0.334 e. The summed E-state index contributed by atoms with van der Waals surface area (Å²) < 4.78 is 2.63. The van der Waals surface area contributed by atoms with Gasteiger partial charge in [0.15, 0.2) is 0 Å². The Balaban J connectivity index is 1.61. The van der Waals surface area contributed by atoms with Gasteiger partial charge in [-0.2, -0.15) is 10.2 Å². The molecule has 1 unspecified atom stereocenters. The van der Waals surface area contributed by atoms with Crippen LogP contribution in [0.4, 0.5) is 0 Å². The van der Waals surface area contributed by atoms with Crippen LogP contribution in [0.2, 0.25) is 0 Å². The SMILES string of the molecule is Cc1ccc(C)c(C2CCCN2C(=O)Cn2ncn3nccc3c2=O)c1. The number of hydrogen-bond donors (Lipinski definition) is 0. The van der Waals surface area contributed by atoms with Crippen LogP contribution < -0.4 is 5.56 Å². The van der Waals surface area contributed by atoms with Gasteiger partial charge in [-0.1, -0.05) is 23.8 Å². The van der Waals surface area contributed by atoms with E-state index in [0.29, 0.717) is 12.1 Å². The molecule has 3 aromatic rings. The number of hydrogen-bond acceptors (Lipinski definition) is 4. The lowest BCUT2D eigenvalue weighted by atomic mass is 9.97. The van der Waals surface area contributed by atoms with E-state index < -0.39 is 0 Å². The fraction of sp³-hybridized carbons (Fsp3) is 0.368. The summed E-state index contributed by atoms with van der Waals surface area (Å²) >= 11 is 0. The van der Waals surface area contributed by atoms with Gasteiger partial charge in [-0.15, -0.1) is 0 Å². The number of aryl methyl sites for hydroxylation is 2. The van der Waals surface area contributed by atoms with E-state index in [2.05, 4.69) is 42.2 Å². The molecule has 0 N–H and O–H groups in total. The van der Waals surface area contributed by atoms with Gasteiger partial charge in [-0.25, -0.2) is 9.20 Å². The van der Waals surface area contributed by atoms with Crippen LogP contribution in [0.5, 0.6) is 0 Å². The third kappa shape index (κ3) is 2.79. The van der Waals surface area contributed by atoms with Crippen LogP contribution in [-0.2, 0) is 11.3 Å². The largest absolute Gasteiger partial charge is 0.334 e. The molecule has 0 saturated carbocycles. The number of carbonyl (C=O) groups is 1. The number of carbonyl (C=O) groups excluding carboxylic acids is 1. The van der Waals surface area contributed by atoms with Crippen molar-refractivity contribution in [1.29, 1.82) is 0 Å². The molecule has 134 valence electrons. The van der Waals surface area contributed by atoms with Crippen LogP contribution in [0.3, 0.4) is 0 Å². The maximum atomic E-state index is 12.9. The zero-order chi connectivity index (χ0) is 18.3. The number of likely N-dealkylation sites (tertiary alicyclic amines) is 1. The van der Waals surface area contributed by atoms with Crippen molar-refractivity contribution in [2.24, 2.45) is 0 Å². The van der Waals surface area contributed by atoms with Gasteiger partial charge in [-0.3, -0.25) is 9.59 Å². The van der Waals surface area contributed by atoms with Crippen molar-refractivity contribution in [1.82, 2.24) is 24.3 Å². The van der Waals surface area contributed by atoms with E-state index in [9.17, 15) is 9.59 Å². The molecule has 1 amide bonds. The Kier molecular flexibility index (Phi) is 4.06. The molecule has 0 radical (unpaired) electrons. The first kappa shape index (κ1) is 16.5. The molecule has 1 fully saturated rings. The lowest BCUT2D eigenvalue weighted by Gasteiger charge is -2.26. The average molecular weight is 351 g/mol. The summed E-state index contributed by atoms with van der Waals surface area (Å²) in [5.41, 5.74) is 3.69. The summed E-state index contributed by atoms with van der Waals surface area (Å²) in [6.07, 6.45) is 4.91. The van der Waals surface area contributed by atoms with E-state index in [1.807, 2.05) is 4.90 Å². The number of benzene rings is 1. The summed E-state index contributed by atoms with van der Waals surface area (Å²) in [5, 5.41) is 8.07. The predicted octanol–water partition coefficient (Wildman–Crippen LogP) is 1.87. The summed E-state index contributed by atoms with van der Waals surface area (Å²) in [7, 11) is 0. The molecule has 26 heavy (non-hydrogen) atoms. The van der Waals surface area contributed by atoms with Crippen molar-refractivity contribution in [2.75, 3.05) is 6.54 Å². The van der Waals surface area contributed by atoms with Crippen LogP contribution in [0.15, 0.2) is 41.6 Å². The number of nitrogens with zero attached hydrogens (tertiary/aromatic N) is 5. The van der Waals surface area contributed by atoms with Crippen molar-refractivity contribution in [3.63, 3.8) is 0 Å². The standard InChI is InChI=1S/C19H21N5O2/c1-13-5-6-14(2)15(10-13)16-4-3-9-22(16)18(25)11-23-19(26)17-7-8-20-24(17)12-21-23/h5-8,10,12,16H,3-4,9,11H2,1-2H3. The Bertz CT molecular complexity index is 1040. The van der Waals surface area contributed by atoms with Crippen LogP contribution >= 0.6 is 0 Å². The van der Waals surface area contributed by atoms with Gasteiger partial charge in [0.05, 0.1) is 12.2 Å². The van der Waals surface area contributed by atoms with Crippen molar-refractivity contribution >= 4 is 11.4 Å². The van der Waals surface area contributed by atoms with Crippen LogP contribution in [0, 0.1) is 13.8 Å². The van der Waals surface area contributed by atoms with E-state index in [1.54, 1.807) is 12.3 Å². The molecule has 2 aromatic heterocycles. The molecule has 0 spiro atoms. The van der Waals surface area contributed by atoms with Crippen molar-refractivity contribution in [3.05, 3.63) is 63.8 Å². The molecule has 1 saturated heterocycles. The van der Waals surface area contributed by atoms with Gasteiger partial charge >= 0.3 is 0 Å². The summed E-state index contributed by atoms with van der Waals surface area (Å²) in [6, 6.07) is 8.04. The fourth-order valence-electron chi connectivity index (χ4n) is 3.71. The van der Waals surface area contributed by atoms with Crippen molar-refractivity contribution < 1.29 is 4.79 Å². The van der Waals surface area contributed by atoms with E-state index in [-0.39, 0.29) is 24.1 Å². The molecule has 1 atom stereocenters. The first-order valence-corrected chi connectivity index (χ1v) is 8.80. The summed E-state index contributed by atoms with van der Waals surface area (Å²) in [5.74, 6) is -0.0770. The molecule has 1 aromatic carbocycles. The highest BCUT2D eigenvalue weighted by atomic mass is 16.2. The summed E-state index contributed by atoms with van der Waals surface area (Å²) in [6.45, 7) is 4.80. The zero-order valence-corrected chi connectivity index (χ0v) is 14.9. The number of amides is 1. The van der Waals surface area contributed by atoms with E-state index in [4.69, 9.17) is 0 Å². The molecular formula is C19H21N5O2. The predicted molar refractivity (Wildman–Crippen MR) is 96.9 cm³/mol. The van der Waals surface area contributed by atoms with Gasteiger partial charge in [0, 0.05) is 6.54 Å². The second kappa shape index (κ2) is 6.40. The Morgan fingerprint density at radius 1 is 1.23 bits per heavy atom. The summed E-state index contributed by atoms with van der Waals surface area (Å²) in [4.78, 5) is 27.3. The highest BCUT2D eigenvalue weighted by molar-refractivity contribution is 5.77. The molecule has 1 aliphatic rings. The average Bonchev–Trinajstić information content (AvgIpc) is 3.28. The Hall–Kier alpha value is -2.96. The molecule has 4 rings (SSSR count). The quantitative estimate of drug-likeness (QED) is 0.722. The van der Waals surface area contributed by atoms with Gasteiger partial charge < -0.3 is 4.90 Å². The minimum atomic E-state index is -0.305. The molecule has 0 bridgehead atoms. The monoisotopic (exact) mass is 351 g/mol. The van der Waals surface area contributed by atoms with Gasteiger partial charge in [0.2, 0.25) is 5.91 Å². The highest BCUT2D eigenvalue weighted by Crippen LogP contribution is 2.34. The van der Waals surface area contributed by atoms with Crippen molar-refractivity contribution in [3.8, 4) is 0 Å². The normalized spacial score (nSPS) is 17.2. The lowest BCUT2D eigenvalue weighted by molar-refractivity contribution is -0.133. The number of aromatic nitrogens is 4.